The molecule has 5 heteroatoms. The highest BCUT2D eigenvalue weighted by Gasteiger charge is 2.22. The molecule has 104 valence electrons. The zero-order chi connectivity index (χ0) is 14.7. The maximum Gasteiger partial charge on any atom is 0.409 e. The number of benzene rings is 1. The van der Waals surface area contributed by atoms with Crippen LogP contribution in [-0.2, 0) is 10.2 Å². The van der Waals surface area contributed by atoms with E-state index in [-0.39, 0.29) is 11.5 Å². The van der Waals surface area contributed by atoms with Crippen LogP contribution in [0.15, 0.2) is 36.4 Å². The zero-order valence-corrected chi connectivity index (χ0v) is 11.0. The van der Waals surface area contributed by atoms with Crippen LogP contribution in [-0.4, -0.2) is 12.1 Å². The highest BCUT2D eigenvalue weighted by Crippen LogP contribution is 2.23. The van der Waals surface area contributed by atoms with Crippen molar-refractivity contribution in [3.63, 3.8) is 0 Å². The van der Waals surface area contributed by atoms with E-state index in [2.05, 4.69) is 5.32 Å². The smallest absolute Gasteiger partial charge is 0.323 e. The van der Waals surface area contributed by atoms with Crippen LogP contribution < -0.4 is 5.32 Å². The van der Waals surface area contributed by atoms with Gasteiger partial charge in [-0.05, 0) is 23.1 Å². The van der Waals surface area contributed by atoms with Crippen molar-refractivity contribution in [2.45, 2.75) is 32.4 Å². The Balaban J connectivity index is 2.69. The fourth-order valence-electron chi connectivity index (χ4n) is 1.41. The maximum absolute atomic E-state index is 11.9. The summed E-state index contributed by atoms with van der Waals surface area (Å²) in [5.41, 5.74) is 1.53. The van der Waals surface area contributed by atoms with Crippen LogP contribution >= 0.6 is 0 Å². The molecule has 0 saturated carbocycles. The molecule has 0 spiro atoms. The van der Waals surface area contributed by atoms with Gasteiger partial charge in [0.05, 0.1) is 0 Å². The first-order chi connectivity index (χ1) is 8.58. The molecular weight excluding hydrogens is 255 g/mol. The lowest BCUT2D eigenvalue weighted by atomic mass is 9.87. The average Bonchev–Trinajstić information content (AvgIpc) is 2.25. The molecule has 0 aliphatic carbocycles. The van der Waals surface area contributed by atoms with Crippen LogP contribution in [0.4, 0.5) is 18.9 Å². The molecule has 0 atom stereocenters. The van der Waals surface area contributed by atoms with Gasteiger partial charge in [-0.2, -0.15) is 13.2 Å². The monoisotopic (exact) mass is 271 g/mol. The number of carbonyl (C=O) groups excluding carboxylic acids is 1. The van der Waals surface area contributed by atoms with Gasteiger partial charge >= 0.3 is 6.18 Å². The van der Waals surface area contributed by atoms with E-state index in [1.54, 1.807) is 12.1 Å². The minimum atomic E-state index is -4.48. The summed E-state index contributed by atoms with van der Waals surface area (Å²) >= 11 is 0. The Morgan fingerprint density at radius 3 is 2.05 bits per heavy atom. The van der Waals surface area contributed by atoms with E-state index in [9.17, 15) is 18.0 Å². The fraction of sp³-hybridized carbons (Fsp3) is 0.357. The summed E-state index contributed by atoms with van der Waals surface area (Å²) in [6.07, 6.45) is -4.10. The van der Waals surface area contributed by atoms with E-state index in [1.807, 2.05) is 32.9 Å². The van der Waals surface area contributed by atoms with Crippen molar-refractivity contribution in [2.75, 3.05) is 5.32 Å². The molecule has 1 rings (SSSR count). The highest BCUT2D eigenvalue weighted by molar-refractivity contribution is 5.99. The predicted octanol–water partition coefficient (Wildman–Crippen LogP) is 4.04. The fourth-order valence-corrected chi connectivity index (χ4v) is 1.41. The van der Waals surface area contributed by atoms with E-state index in [4.69, 9.17) is 0 Å². The minimum Gasteiger partial charge on any atom is -0.323 e. The number of hydrogen-bond acceptors (Lipinski definition) is 1. The third-order valence-corrected chi connectivity index (χ3v) is 2.44. The quantitative estimate of drug-likeness (QED) is 0.808. The number of anilines is 1. The lowest BCUT2D eigenvalue weighted by Crippen LogP contribution is -2.12. The Labute approximate surface area is 110 Å². The van der Waals surface area contributed by atoms with Gasteiger partial charge in [-0.1, -0.05) is 32.9 Å². The van der Waals surface area contributed by atoms with E-state index in [0.29, 0.717) is 11.8 Å². The van der Waals surface area contributed by atoms with Crippen molar-refractivity contribution in [3.8, 4) is 0 Å². The van der Waals surface area contributed by atoms with Crippen molar-refractivity contribution in [2.24, 2.45) is 0 Å². The van der Waals surface area contributed by atoms with Gasteiger partial charge in [0.25, 0.3) is 0 Å². The molecule has 1 amide bonds. The van der Waals surface area contributed by atoms with Crippen LogP contribution in [0.2, 0.25) is 0 Å². The first-order valence-electron chi connectivity index (χ1n) is 5.75. The highest BCUT2D eigenvalue weighted by atomic mass is 19.4. The van der Waals surface area contributed by atoms with E-state index >= 15 is 0 Å². The van der Waals surface area contributed by atoms with Gasteiger partial charge in [-0.3, -0.25) is 4.79 Å². The van der Waals surface area contributed by atoms with Gasteiger partial charge in [0.1, 0.15) is 0 Å². The summed E-state index contributed by atoms with van der Waals surface area (Å²) in [7, 11) is 0. The van der Waals surface area contributed by atoms with Crippen LogP contribution in [0.1, 0.15) is 26.3 Å². The van der Waals surface area contributed by atoms with Crippen molar-refractivity contribution >= 4 is 11.6 Å². The first kappa shape index (κ1) is 15.3. The van der Waals surface area contributed by atoms with Gasteiger partial charge in [-0.25, -0.2) is 0 Å². The van der Waals surface area contributed by atoms with Gasteiger partial charge in [0.15, 0.2) is 0 Å². The number of amides is 1. The molecule has 0 unspecified atom stereocenters. The predicted molar refractivity (Wildman–Crippen MR) is 69.0 cm³/mol. The van der Waals surface area contributed by atoms with Crippen molar-refractivity contribution < 1.29 is 18.0 Å². The molecule has 1 aromatic rings. The summed E-state index contributed by atoms with van der Waals surface area (Å²) in [4.78, 5) is 11.2. The second kappa shape index (κ2) is 5.47. The Morgan fingerprint density at radius 2 is 1.63 bits per heavy atom. The number of hydrogen-bond donors (Lipinski definition) is 1. The Morgan fingerprint density at radius 1 is 1.11 bits per heavy atom. The number of carbonyl (C=O) groups is 1. The lowest BCUT2D eigenvalue weighted by molar-refractivity contribution is -0.112. The standard InChI is InChI=1S/C14H16F3NO/c1-13(2,3)10-4-6-11(7-5-10)18-12(19)8-9-14(15,16)17/h4-9H,1-3H3,(H,18,19)/b9-8+. The molecule has 0 fully saturated rings. The molecule has 0 aliphatic heterocycles. The third-order valence-electron chi connectivity index (χ3n) is 2.44. The van der Waals surface area contributed by atoms with E-state index in [0.717, 1.165) is 5.56 Å². The van der Waals surface area contributed by atoms with E-state index < -0.39 is 12.1 Å². The molecule has 0 aliphatic rings. The van der Waals surface area contributed by atoms with Crippen molar-refractivity contribution in [1.82, 2.24) is 0 Å². The molecule has 1 aromatic carbocycles. The first-order valence-corrected chi connectivity index (χ1v) is 5.75. The van der Waals surface area contributed by atoms with Crippen LogP contribution in [0.5, 0.6) is 0 Å². The second-order valence-corrected chi connectivity index (χ2v) is 5.19. The van der Waals surface area contributed by atoms with Gasteiger partial charge in [0, 0.05) is 17.8 Å². The maximum atomic E-state index is 11.9. The van der Waals surface area contributed by atoms with Gasteiger partial charge < -0.3 is 5.32 Å². The topological polar surface area (TPSA) is 29.1 Å². The summed E-state index contributed by atoms with van der Waals surface area (Å²) in [6.45, 7) is 6.14. The third kappa shape index (κ3) is 5.59. The molecular formula is C14H16F3NO. The number of allylic oxidation sites excluding steroid dienone is 1. The minimum absolute atomic E-state index is 0.0152. The summed E-state index contributed by atoms with van der Waals surface area (Å²) in [5.74, 6) is -0.805. The van der Waals surface area contributed by atoms with Crippen LogP contribution in [0, 0.1) is 0 Å². The molecule has 0 bridgehead atoms. The average molecular weight is 271 g/mol. The Hall–Kier alpha value is -1.78. The zero-order valence-electron chi connectivity index (χ0n) is 11.0. The number of rotatable bonds is 2. The molecule has 2 nitrogen and oxygen atoms in total. The molecule has 0 saturated heterocycles. The van der Waals surface area contributed by atoms with Crippen molar-refractivity contribution in [1.29, 1.82) is 0 Å². The number of nitrogens with one attached hydrogen (secondary N) is 1. The SMILES string of the molecule is CC(C)(C)c1ccc(NC(=O)/C=C/C(F)(F)F)cc1. The summed E-state index contributed by atoms with van der Waals surface area (Å²) in [5, 5.41) is 2.37. The number of halogens is 3. The van der Waals surface area contributed by atoms with Gasteiger partial charge in [-0.15, -0.1) is 0 Å². The number of alkyl halides is 3. The summed E-state index contributed by atoms with van der Waals surface area (Å²) < 4.78 is 35.6. The van der Waals surface area contributed by atoms with Crippen LogP contribution in [0.3, 0.4) is 0 Å². The molecule has 0 heterocycles. The summed E-state index contributed by atoms with van der Waals surface area (Å²) in [6, 6.07) is 7.01. The van der Waals surface area contributed by atoms with E-state index in [1.165, 1.54) is 0 Å². The second-order valence-electron chi connectivity index (χ2n) is 5.19. The molecule has 19 heavy (non-hydrogen) atoms. The largest absolute Gasteiger partial charge is 0.409 e. The Bertz CT molecular complexity index is 467. The van der Waals surface area contributed by atoms with Gasteiger partial charge in [0.2, 0.25) is 5.91 Å². The van der Waals surface area contributed by atoms with Crippen molar-refractivity contribution in [3.05, 3.63) is 42.0 Å². The van der Waals surface area contributed by atoms with Crippen LogP contribution in [0.25, 0.3) is 0 Å². The molecule has 1 N–H and O–H groups in total. The Kier molecular flexibility index (Phi) is 4.39. The lowest BCUT2D eigenvalue weighted by Gasteiger charge is -2.19. The normalized spacial score (nSPS) is 12.7. The molecule has 0 aromatic heterocycles. The molecule has 0 radical (unpaired) electrons.